The van der Waals surface area contributed by atoms with E-state index in [4.69, 9.17) is 18.0 Å². The highest BCUT2D eigenvalue weighted by Gasteiger charge is 2.43. The highest BCUT2D eigenvalue weighted by molar-refractivity contribution is 7.98. The number of carbonyl (C=O) groups is 1. The maximum Gasteiger partial charge on any atom is 0.233 e. The van der Waals surface area contributed by atoms with Crippen LogP contribution in [0.4, 0.5) is 0 Å². The van der Waals surface area contributed by atoms with Crippen LogP contribution >= 0.6 is 24.0 Å². The first-order valence-corrected chi connectivity index (χ1v) is 7.51. The van der Waals surface area contributed by atoms with Crippen molar-refractivity contribution >= 4 is 34.9 Å². The molecule has 0 saturated heterocycles. The van der Waals surface area contributed by atoms with Gasteiger partial charge in [0.05, 0.1) is 10.4 Å². The molecule has 0 heterocycles. The van der Waals surface area contributed by atoms with Crippen LogP contribution in [0.15, 0.2) is 0 Å². The van der Waals surface area contributed by atoms with Gasteiger partial charge in [0, 0.05) is 6.54 Å². The van der Waals surface area contributed by atoms with Crippen molar-refractivity contribution in [2.75, 3.05) is 18.6 Å². The second kappa shape index (κ2) is 6.45. The standard InChI is InChI=1S/C11H20N2OS2/c1-16-8-4-7-13-10(14)11(9(12)15)5-2-3-6-11/h2-8H2,1H3,(H2,12,15)(H,13,14). The van der Waals surface area contributed by atoms with Gasteiger partial charge in [-0.1, -0.05) is 25.1 Å². The summed E-state index contributed by atoms with van der Waals surface area (Å²) in [6.07, 6.45) is 6.80. The molecule has 0 aromatic rings. The summed E-state index contributed by atoms with van der Waals surface area (Å²) in [7, 11) is 0. The molecule has 0 atom stereocenters. The predicted molar refractivity (Wildman–Crippen MR) is 73.7 cm³/mol. The molecule has 1 aliphatic rings. The summed E-state index contributed by atoms with van der Waals surface area (Å²) in [4.78, 5) is 12.5. The molecule has 0 spiro atoms. The number of carbonyl (C=O) groups excluding carboxylic acids is 1. The van der Waals surface area contributed by atoms with E-state index < -0.39 is 5.41 Å². The van der Waals surface area contributed by atoms with Crippen LogP contribution in [-0.2, 0) is 4.79 Å². The van der Waals surface area contributed by atoms with Gasteiger partial charge in [-0.3, -0.25) is 4.79 Å². The van der Waals surface area contributed by atoms with Crippen molar-refractivity contribution in [3.63, 3.8) is 0 Å². The van der Waals surface area contributed by atoms with Gasteiger partial charge in [-0.2, -0.15) is 11.8 Å². The first-order valence-electron chi connectivity index (χ1n) is 5.70. The average Bonchev–Trinajstić information content (AvgIpc) is 2.74. The van der Waals surface area contributed by atoms with Crippen molar-refractivity contribution in [1.29, 1.82) is 0 Å². The SMILES string of the molecule is CSCCCNC(=O)C1(C(N)=S)CCCC1. The summed E-state index contributed by atoms with van der Waals surface area (Å²) in [6, 6.07) is 0. The van der Waals surface area contributed by atoms with E-state index >= 15 is 0 Å². The number of rotatable bonds is 6. The van der Waals surface area contributed by atoms with Crippen molar-refractivity contribution in [1.82, 2.24) is 5.32 Å². The molecule has 92 valence electrons. The molecule has 0 bridgehead atoms. The lowest BCUT2D eigenvalue weighted by atomic mass is 9.85. The lowest BCUT2D eigenvalue weighted by Crippen LogP contribution is -2.47. The highest BCUT2D eigenvalue weighted by atomic mass is 32.2. The maximum absolute atomic E-state index is 12.1. The van der Waals surface area contributed by atoms with E-state index in [9.17, 15) is 4.79 Å². The van der Waals surface area contributed by atoms with E-state index in [-0.39, 0.29) is 5.91 Å². The molecular formula is C11H20N2OS2. The minimum Gasteiger partial charge on any atom is -0.392 e. The Morgan fingerprint density at radius 2 is 2.12 bits per heavy atom. The van der Waals surface area contributed by atoms with Gasteiger partial charge >= 0.3 is 0 Å². The third-order valence-electron chi connectivity index (χ3n) is 3.17. The van der Waals surface area contributed by atoms with Gasteiger partial charge in [0.25, 0.3) is 0 Å². The third kappa shape index (κ3) is 3.10. The van der Waals surface area contributed by atoms with E-state index in [1.807, 2.05) is 0 Å². The third-order valence-corrected chi connectivity index (χ3v) is 4.26. The van der Waals surface area contributed by atoms with Crippen molar-refractivity contribution < 1.29 is 4.79 Å². The topological polar surface area (TPSA) is 55.1 Å². The Balaban J connectivity index is 2.46. The molecule has 1 rings (SSSR count). The number of amides is 1. The summed E-state index contributed by atoms with van der Waals surface area (Å²) in [5, 5.41) is 2.96. The number of hydrogen-bond acceptors (Lipinski definition) is 3. The Kier molecular flexibility index (Phi) is 5.55. The molecule has 3 nitrogen and oxygen atoms in total. The highest BCUT2D eigenvalue weighted by Crippen LogP contribution is 2.38. The normalized spacial score (nSPS) is 18.3. The molecule has 1 aliphatic carbocycles. The van der Waals surface area contributed by atoms with Crippen molar-refractivity contribution in [2.45, 2.75) is 32.1 Å². The van der Waals surface area contributed by atoms with E-state index in [0.717, 1.165) is 44.4 Å². The Hall–Kier alpha value is -0.290. The molecule has 5 heteroatoms. The zero-order valence-electron chi connectivity index (χ0n) is 9.75. The van der Waals surface area contributed by atoms with Crippen LogP contribution in [0.3, 0.4) is 0 Å². The number of nitrogens with one attached hydrogen (secondary N) is 1. The first-order chi connectivity index (χ1) is 7.63. The fraction of sp³-hybridized carbons (Fsp3) is 0.818. The molecule has 0 aliphatic heterocycles. The molecule has 1 saturated carbocycles. The molecule has 0 aromatic carbocycles. The first kappa shape index (κ1) is 13.8. The molecular weight excluding hydrogens is 240 g/mol. The van der Waals surface area contributed by atoms with E-state index in [2.05, 4.69) is 11.6 Å². The van der Waals surface area contributed by atoms with Gasteiger partial charge in [0.1, 0.15) is 0 Å². The lowest BCUT2D eigenvalue weighted by molar-refractivity contribution is -0.127. The van der Waals surface area contributed by atoms with Gasteiger partial charge in [-0.15, -0.1) is 0 Å². The second-order valence-corrected chi connectivity index (χ2v) is 5.68. The van der Waals surface area contributed by atoms with Crippen molar-refractivity contribution in [3.05, 3.63) is 0 Å². The van der Waals surface area contributed by atoms with Gasteiger partial charge in [-0.25, -0.2) is 0 Å². The van der Waals surface area contributed by atoms with Crippen LogP contribution < -0.4 is 11.1 Å². The minimum atomic E-state index is -0.547. The van der Waals surface area contributed by atoms with Gasteiger partial charge in [-0.05, 0) is 31.3 Å². The average molecular weight is 260 g/mol. The molecule has 0 unspecified atom stereocenters. The maximum atomic E-state index is 12.1. The number of thiocarbonyl (C=S) groups is 1. The van der Waals surface area contributed by atoms with Crippen LogP contribution in [0.5, 0.6) is 0 Å². The number of hydrogen-bond donors (Lipinski definition) is 2. The van der Waals surface area contributed by atoms with Crippen LogP contribution in [-0.4, -0.2) is 29.4 Å². The van der Waals surface area contributed by atoms with E-state index in [1.54, 1.807) is 11.8 Å². The van der Waals surface area contributed by atoms with Crippen LogP contribution in [0.2, 0.25) is 0 Å². The smallest absolute Gasteiger partial charge is 0.233 e. The molecule has 1 fully saturated rings. The van der Waals surface area contributed by atoms with Crippen LogP contribution in [0.1, 0.15) is 32.1 Å². The van der Waals surface area contributed by atoms with Crippen LogP contribution in [0, 0.1) is 5.41 Å². The molecule has 16 heavy (non-hydrogen) atoms. The van der Waals surface area contributed by atoms with Gasteiger partial charge < -0.3 is 11.1 Å². The van der Waals surface area contributed by atoms with Gasteiger partial charge in [0.2, 0.25) is 5.91 Å². The zero-order chi connectivity index (χ0) is 12.0. The summed E-state index contributed by atoms with van der Waals surface area (Å²) in [5.74, 6) is 1.11. The Morgan fingerprint density at radius 3 is 2.62 bits per heavy atom. The summed E-state index contributed by atoms with van der Waals surface area (Å²) in [6.45, 7) is 0.726. The quantitative estimate of drug-likeness (QED) is 0.564. The molecule has 3 N–H and O–H groups in total. The molecule has 0 radical (unpaired) electrons. The Bertz CT molecular complexity index is 263. The van der Waals surface area contributed by atoms with E-state index in [0.29, 0.717) is 4.99 Å². The Labute approximate surface area is 107 Å². The monoisotopic (exact) mass is 260 g/mol. The molecule has 0 aromatic heterocycles. The fourth-order valence-corrected chi connectivity index (χ4v) is 2.88. The van der Waals surface area contributed by atoms with Crippen LogP contribution in [0.25, 0.3) is 0 Å². The summed E-state index contributed by atoms with van der Waals surface area (Å²) < 4.78 is 0. The van der Waals surface area contributed by atoms with Crippen molar-refractivity contribution in [2.24, 2.45) is 11.1 Å². The Morgan fingerprint density at radius 1 is 1.50 bits per heavy atom. The number of thioether (sulfide) groups is 1. The lowest BCUT2D eigenvalue weighted by Gasteiger charge is -2.26. The van der Waals surface area contributed by atoms with E-state index in [1.165, 1.54) is 0 Å². The zero-order valence-corrected chi connectivity index (χ0v) is 11.4. The van der Waals surface area contributed by atoms with Gasteiger partial charge in [0.15, 0.2) is 0 Å². The fourth-order valence-electron chi connectivity index (χ4n) is 2.15. The molecule has 1 amide bonds. The minimum absolute atomic E-state index is 0.0404. The summed E-state index contributed by atoms with van der Waals surface area (Å²) in [5.41, 5.74) is 5.18. The predicted octanol–water partition coefficient (Wildman–Crippen LogP) is 1.70. The number of nitrogens with two attached hydrogens (primary N) is 1. The largest absolute Gasteiger partial charge is 0.392 e. The van der Waals surface area contributed by atoms with Crippen molar-refractivity contribution in [3.8, 4) is 0 Å². The second-order valence-electron chi connectivity index (χ2n) is 4.26. The summed E-state index contributed by atoms with van der Waals surface area (Å²) >= 11 is 6.85.